The predicted octanol–water partition coefficient (Wildman–Crippen LogP) is 2.81. The van der Waals surface area contributed by atoms with E-state index in [-0.39, 0.29) is 35.3 Å². The van der Waals surface area contributed by atoms with Crippen LogP contribution in [0.25, 0.3) is 11.0 Å². The van der Waals surface area contributed by atoms with Crippen LogP contribution in [0.4, 0.5) is 0 Å². The average Bonchev–Trinajstić information content (AvgIpc) is 3.08. The van der Waals surface area contributed by atoms with Gasteiger partial charge >= 0.3 is 0 Å². The smallest absolute Gasteiger partial charge is 0.289 e. The monoisotopic (exact) mass is 377 g/mol. The van der Waals surface area contributed by atoms with Gasteiger partial charge in [0.15, 0.2) is 17.0 Å². The molecule has 1 atom stereocenters. The molecule has 0 N–H and O–H groups in total. The summed E-state index contributed by atoms with van der Waals surface area (Å²) >= 11 is 5.92. The Labute approximate surface area is 153 Å². The summed E-state index contributed by atoms with van der Waals surface area (Å²) in [5.74, 6) is 0.0296. The average molecular weight is 378 g/mol. The molecule has 0 fully saturated rings. The van der Waals surface area contributed by atoms with E-state index < -0.39 is 5.91 Å². The molecule has 1 aromatic carbocycles. The first-order valence-corrected chi connectivity index (χ1v) is 8.11. The van der Waals surface area contributed by atoms with Crippen molar-refractivity contribution in [2.75, 3.05) is 14.2 Å². The molecular formula is C17H16ClN3O5. The standard InChI is InChI=1S/C17H16ClN3O5/c1-9(24-3)16-19-15(26-20-16)8-21(2)17(23)14-7-12(22)11-5-4-10(18)6-13(11)25-14/h4-7,9H,8H2,1-3H3. The SMILES string of the molecule is COC(C)c1noc(CN(C)C(=O)c2cc(=O)c3ccc(Cl)cc3o2)n1. The first-order valence-electron chi connectivity index (χ1n) is 7.73. The molecule has 0 bridgehead atoms. The fourth-order valence-electron chi connectivity index (χ4n) is 2.30. The molecule has 3 rings (SSSR count). The van der Waals surface area contributed by atoms with Gasteiger partial charge in [-0.25, -0.2) is 0 Å². The van der Waals surface area contributed by atoms with E-state index in [0.29, 0.717) is 16.2 Å². The van der Waals surface area contributed by atoms with E-state index in [4.69, 9.17) is 25.3 Å². The third-order valence-electron chi connectivity index (χ3n) is 3.82. The van der Waals surface area contributed by atoms with Crippen LogP contribution in [0.2, 0.25) is 5.02 Å². The molecule has 136 valence electrons. The molecule has 0 aliphatic carbocycles. The minimum Gasteiger partial charge on any atom is -0.451 e. The molecule has 1 unspecified atom stereocenters. The summed E-state index contributed by atoms with van der Waals surface area (Å²) in [7, 11) is 3.07. The van der Waals surface area contributed by atoms with Crippen molar-refractivity contribution in [1.82, 2.24) is 15.0 Å². The zero-order valence-electron chi connectivity index (χ0n) is 14.4. The van der Waals surface area contributed by atoms with Crippen molar-refractivity contribution in [3.05, 3.63) is 57.0 Å². The van der Waals surface area contributed by atoms with E-state index in [9.17, 15) is 9.59 Å². The Balaban J connectivity index is 1.83. The number of carbonyl (C=O) groups excluding carboxylic acids is 1. The molecule has 8 nitrogen and oxygen atoms in total. The van der Waals surface area contributed by atoms with Crippen molar-refractivity contribution in [1.29, 1.82) is 0 Å². The highest BCUT2D eigenvalue weighted by Crippen LogP contribution is 2.19. The molecule has 9 heteroatoms. The van der Waals surface area contributed by atoms with Crippen LogP contribution in [0.1, 0.15) is 35.3 Å². The van der Waals surface area contributed by atoms with Crippen LogP contribution in [0, 0.1) is 0 Å². The highest BCUT2D eigenvalue weighted by atomic mass is 35.5. The molecule has 0 aliphatic rings. The summed E-state index contributed by atoms with van der Waals surface area (Å²) in [4.78, 5) is 30.2. The second kappa shape index (κ2) is 7.27. The van der Waals surface area contributed by atoms with Crippen molar-refractivity contribution in [3.8, 4) is 0 Å². The van der Waals surface area contributed by atoms with Crippen molar-refractivity contribution in [2.45, 2.75) is 19.6 Å². The highest BCUT2D eigenvalue weighted by molar-refractivity contribution is 6.31. The number of amides is 1. The molecule has 0 saturated heterocycles. The van der Waals surface area contributed by atoms with E-state index >= 15 is 0 Å². The lowest BCUT2D eigenvalue weighted by atomic mass is 10.2. The maximum Gasteiger partial charge on any atom is 0.289 e. The van der Waals surface area contributed by atoms with E-state index in [1.807, 2.05) is 0 Å². The van der Waals surface area contributed by atoms with Gasteiger partial charge in [0.05, 0.1) is 5.39 Å². The fourth-order valence-corrected chi connectivity index (χ4v) is 2.46. The van der Waals surface area contributed by atoms with Gasteiger partial charge in [0, 0.05) is 31.3 Å². The number of rotatable bonds is 5. The number of benzene rings is 1. The number of nitrogens with zero attached hydrogens (tertiary/aromatic N) is 3. The number of halogens is 1. The Morgan fingerprint density at radius 3 is 2.88 bits per heavy atom. The van der Waals surface area contributed by atoms with Crippen LogP contribution in [0.3, 0.4) is 0 Å². The number of fused-ring (bicyclic) bond motifs is 1. The summed E-state index contributed by atoms with van der Waals surface area (Å²) in [6, 6.07) is 5.79. The lowest BCUT2D eigenvalue weighted by Crippen LogP contribution is -2.27. The van der Waals surface area contributed by atoms with Crippen LogP contribution >= 0.6 is 11.6 Å². The molecule has 2 heterocycles. The van der Waals surface area contributed by atoms with Crippen molar-refractivity contribution >= 4 is 28.5 Å². The Morgan fingerprint density at radius 1 is 1.38 bits per heavy atom. The summed E-state index contributed by atoms with van der Waals surface area (Å²) in [6.45, 7) is 1.83. The predicted molar refractivity (Wildman–Crippen MR) is 93.0 cm³/mol. The maximum absolute atomic E-state index is 12.6. The topological polar surface area (TPSA) is 98.7 Å². The summed E-state index contributed by atoms with van der Waals surface area (Å²) in [5.41, 5.74) is -0.0793. The van der Waals surface area contributed by atoms with E-state index in [1.165, 1.54) is 25.1 Å². The van der Waals surface area contributed by atoms with Gasteiger partial charge in [-0.15, -0.1) is 0 Å². The first-order chi connectivity index (χ1) is 12.4. The molecule has 0 saturated carbocycles. The summed E-state index contributed by atoms with van der Waals surface area (Å²) < 4.78 is 15.8. The quantitative estimate of drug-likeness (QED) is 0.674. The number of aromatic nitrogens is 2. The van der Waals surface area contributed by atoms with Gasteiger partial charge in [-0.2, -0.15) is 4.98 Å². The Kier molecular flexibility index (Phi) is 5.06. The lowest BCUT2D eigenvalue weighted by Gasteiger charge is -2.14. The van der Waals surface area contributed by atoms with Crippen molar-refractivity contribution < 1.29 is 18.5 Å². The van der Waals surface area contributed by atoms with E-state index in [0.717, 1.165) is 6.07 Å². The van der Waals surface area contributed by atoms with Gasteiger partial charge in [0.1, 0.15) is 18.2 Å². The van der Waals surface area contributed by atoms with Crippen LogP contribution in [0.15, 0.2) is 38.0 Å². The van der Waals surface area contributed by atoms with Crippen LogP contribution in [0.5, 0.6) is 0 Å². The normalized spacial score (nSPS) is 12.3. The van der Waals surface area contributed by atoms with Gasteiger partial charge < -0.3 is 18.6 Å². The summed E-state index contributed by atoms with van der Waals surface area (Å²) in [5, 5.41) is 4.56. The molecule has 3 aromatic rings. The Hall–Kier alpha value is -2.71. The first kappa shape index (κ1) is 18.1. The second-order valence-electron chi connectivity index (χ2n) is 5.70. The maximum atomic E-state index is 12.6. The van der Waals surface area contributed by atoms with Gasteiger partial charge in [-0.1, -0.05) is 16.8 Å². The third kappa shape index (κ3) is 3.61. The largest absolute Gasteiger partial charge is 0.451 e. The second-order valence-corrected chi connectivity index (χ2v) is 6.14. The van der Waals surface area contributed by atoms with Crippen LogP contribution in [-0.4, -0.2) is 35.1 Å². The Bertz CT molecular complexity index is 1010. The van der Waals surface area contributed by atoms with Crippen LogP contribution in [-0.2, 0) is 11.3 Å². The van der Waals surface area contributed by atoms with Gasteiger partial charge in [-0.3, -0.25) is 9.59 Å². The number of hydrogen-bond acceptors (Lipinski definition) is 7. The lowest BCUT2D eigenvalue weighted by molar-refractivity contribution is 0.0738. The van der Waals surface area contributed by atoms with Crippen molar-refractivity contribution in [3.63, 3.8) is 0 Å². The molecular weight excluding hydrogens is 362 g/mol. The molecule has 0 aliphatic heterocycles. The number of ether oxygens (including phenoxy) is 1. The molecule has 26 heavy (non-hydrogen) atoms. The number of methoxy groups -OCH3 is 1. The van der Waals surface area contributed by atoms with Gasteiger partial charge in [-0.05, 0) is 19.1 Å². The summed E-state index contributed by atoms with van der Waals surface area (Å²) in [6.07, 6.45) is -0.322. The minimum absolute atomic E-state index is 0.0551. The van der Waals surface area contributed by atoms with Gasteiger partial charge in [0.25, 0.3) is 5.91 Å². The zero-order chi connectivity index (χ0) is 18.8. The highest BCUT2D eigenvalue weighted by Gasteiger charge is 2.20. The molecule has 1 amide bonds. The number of carbonyl (C=O) groups is 1. The number of hydrogen-bond donors (Lipinski definition) is 0. The van der Waals surface area contributed by atoms with Gasteiger partial charge in [0.2, 0.25) is 5.89 Å². The van der Waals surface area contributed by atoms with E-state index in [1.54, 1.807) is 19.1 Å². The molecule has 0 radical (unpaired) electrons. The van der Waals surface area contributed by atoms with Crippen molar-refractivity contribution in [2.24, 2.45) is 0 Å². The van der Waals surface area contributed by atoms with Crippen LogP contribution < -0.4 is 5.43 Å². The Morgan fingerprint density at radius 2 is 2.15 bits per heavy atom. The fraction of sp³-hybridized carbons (Fsp3) is 0.294. The molecule has 0 spiro atoms. The minimum atomic E-state index is -0.497. The van der Waals surface area contributed by atoms with E-state index in [2.05, 4.69) is 10.1 Å². The third-order valence-corrected chi connectivity index (χ3v) is 4.06. The zero-order valence-corrected chi connectivity index (χ0v) is 15.1. The molecule has 2 aromatic heterocycles.